The van der Waals surface area contributed by atoms with Crippen molar-refractivity contribution < 1.29 is 32.5 Å². The van der Waals surface area contributed by atoms with Gasteiger partial charge in [0.1, 0.15) is 5.75 Å². The van der Waals surface area contributed by atoms with Crippen LogP contribution in [0.2, 0.25) is 0 Å². The first-order chi connectivity index (χ1) is 17.7. The van der Waals surface area contributed by atoms with E-state index < -0.39 is 17.5 Å². The van der Waals surface area contributed by atoms with Crippen LogP contribution in [0.25, 0.3) is 17.0 Å². The number of hydrogen-bond acceptors (Lipinski definition) is 7. The number of rotatable bonds is 5. The Balaban J connectivity index is 1.33. The minimum Gasteiger partial charge on any atom is -0.508 e. The maximum absolute atomic E-state index is 13.4. The zero-order chi connectivity index (χ0) is 26.2. The molecule has 0 bridgehead atoms. The molecule has 1 aromatic heterocycles. The fourth-order valence-corrected chi connectivity index (χ4v) is 5.26. The number of hydrogen-bond donors (Lipinski definition) is 1. The maximum atomic E-state index is 13.4. The Bertz CT molecular complexity index is 1400. The third-order valence-electron chi connectivity index (χ3n) is 6.05. The van der Waals surface area contributed by atoms with Gasteiger partial charge in [-0.05, 0) is 53.2 Å². The number of methoxy groups -OCH3 is 1. The molecule has 8 nitrogen and oxygen atoms in total. The van der Waals surface area contributed by atoms with Crippen LogP contribution in [0.4, 0.5) is 13.2 Å². The summed E-state index contributed by atoms with van der Waals surface area (Å²) >= 11 is 1.30. The molecule has 2 aromatic carbocycles. The number of nitrogens with zero attached hydrogens (tertiary/aromatic N) is 4. The molecule has 0 radical (unpaired) electrons. The van der Waals surface area contributed by atoms with Crippen molar-refractivity contribution in [2.24, 2.45) is 4.99 Å². The van der Waals surface area contributed by atoms with Gasteiger partial charge in [-0.2, -0.15) is 23.3 Å². The summed E-state index contributed by atoms with van der Waals surface area (Å²) in [5.74, 6) is -0.772. The molecule has 194 valence electrons. The molecule has 0 unspecified atom stereocenters. The summed E-state index contributed by atoms with van der Waals surface area (Å²) in [6.45, 7) is 2.09. The highest BCUT2D eigenvalue weighted by molar-refractivity contribution is 8.18. The van der Waals surface area contributed by atoms with Gasteiger partial charge in [-0.25, -0.2) is 0 Å². The van der Waals surface area contributed by atoms with Crippen LogP contribution in [-0.4, -0.2) is 70.4 Å². The Morgan fingerprint density at radius 2 is 2.11 bits per heavy atom. The van der Waals surface area contributed by atoms with Crippen molar-refractivity contribution in [3.05, 3.63) is 64.2 Å². The maximum Gasteiger partial charge on any atom is 0.416 e. The number of carbonyl (C=O) groups excluding carboxylic acids is 1. The summed E-state index contributed by atoms with van der Waals surface area (Å²) < 4.78 is 52.6. The predicted octanol–water partition coefficient (Wildman–Crippen LogP) is 4.13. The number of aliphatic imine (C=N–C) groups is 1. The summed E-state index contributed by atoms with van der Waals surface area (Å²) in [6.07, 6.45) is -1.37. The number of phenolic OH excluding ortho intramolecular Hbond substituents is 1. The molecule has 2 aliphatic rings. The smallest absolute Gasteiger partial charge is 0.416 e. The average Bonchev–Trinajstić information content (AvgIpc) is 3.43. The second kappa shape index (κ2) is 10.2. The first-order valence-electron chi connectivity index (χ1n) is 11.4. The molecule has 0 saturated carbocycles. The first-order valence-corrected chi connectivity index (χ1v) is 12.3. The van der Waals surface area contributed by atoms with Gasteiger partial charge in [0.2, 0.25) is 0 Å². The number of amides is 1. The lowest BCUT2D eigenvalue weighted by molar-refractivity contribution is -0.138. The molecule has 1 saturated heterocycles. The second-order valence-corrected chi connectivity index (χ2v) is 9.67. The standard InChI is InChI=1S/C25H23F3N4O4S/c1-35-14-19-13-31(6-7-36-19)24-30-23(34)22(37-24)9-15-2-5-21-17(8-15)11-29-32(21)12-16-3-4-18(33)10-20(16)25(26,27)28/h2-5,8-11,19,33H,6-7,12-14H2,1H3/t19-/m0/s1. The number of carbonyl (C=O) groups is 1. The van der Waals surface area contributed by atoms with Crippen molar-refractivity contribution in [3.8, 4) is 5.75 Å². The summed E-state index contributed by atoms with van der Waals surface area (Å²) in [6, 6.07) is 8.55. The zero-order valence-corrected chi connectivity index (χ0v) is 20.6. The van der Waals surface area contributed by atoms with Gasteiger partial charge in [-0.15, -0.1) is 0 Å². The third kappa shape index (κ3) is 5.50. The molecule has 3 heterocycles. The monoisotopic (exact) mass is 532 g/mol. The van der Waals surface area contributed by atoms with Gasteiger partial charge in [-0.3, -0.25) is 9.48 Å². The number of phenols is 1. The Hall–Kier alpha value is -3.35. The van der Waals surface area contributed by atoms with E-state index in [-0.39, 0.29) is 24.1 Å². The van der Waals surface area contributed by atoms with Crippen molar-refractivity contribution in [2.75, 3.05) is 33.4 Å². The van der Waals surface area contributed by atoms with Crippen LogP contribution < -0.4 is 0 Å². The topological polar surface area (TPSA) is 89.2 Å². The normalized spacial score (nSPS) is 19.7. The Kier molecular flexibility index (Phi) is 6.97. The van der Waals surface area contributed by atoms with Gasteiger partial charge in [0.05, 0.1) is 48.0 Å². The van der Waals surface area contributed by atoms with E-state index in [1.165, 1.54) is 28.6 Å². The zero-order valence-electron chi connectivity index (χ0n) is 19.7. The fourth-order valence-electron chi connectivity index (χ4n) is 4.31. The minimum absolute atomic E-state index is 0.00465. The van der Waals surface area contributed by atoms with E-state index in [9.17, 15) is 23.1 Å². The third-order valence-corrected chi connectivity index (χ3v) is 7.10. The summed E-state index contributed by atoms with van der Waals surface area (Å²) in [7, 11) is 1.61. The number of morpholine rings is 1. The summed E-state index contributed by atoms with van der Waals surface area (Å²) in [5, 5.41) is 15.1. The molecule has 1 N–H and O–H groups in total. The number of alkyl halides is 3. The number of aromatic hydroxyl groups is 1. The fraction of sp³-hybridized carbons (Fsp3) is 0.320. The van der Waals surface area contributed by atoms with E-state index in [1.54, 1.807) is 31.5 Å². The average molecular weight is 533 g/mol. The van der Waals surface area contributed by atoms with Gasteiger partial charge >= 0.3 is 6.18 Å². The van der Waals surface area contributed by atoms with E-state index in [1.807, 2.05) is 11.0 Å². The van der Waals surface area contributed by atoms with Crippen LogP contribution in [0.5, 0.6) is 5.75 Å². The minimum atomic E-state index is -4.60. The molecule has 37 heavy (non-hydrogen) atoms. The molecule has 1 atom stereocenters. The lowest BCUT2D eigenvalue weighted by Gasteiger charge is -2.33. The van der Waals surface area contributed by atoms with Crippen LogP contribution in [0, 0.1) is 0 Å². The number of halogens is 3. The summed E-state index contributed by atoms with van der Waals surface area (Å²) in [4.78, 5) is 19.3. The van der Waals surface area contributed by atoms with Crippen LogP contribution in [0.3, 0.4) is 0 Å². The van der Waals surface area contributed by atoms with Crippen molar-refractivity contribution in [3.63, 3.8) is 0 Å². The molecular formula is C25H23F3N4O4S. The SMILES string of the molecule is COC[C@@H]1CN(C2=NC(=O)C(=Cc3ccc4c(cnn4Cc4ccc(O)cc4C(F)(F)F)c3)S2)CCO1. The van der Waals surface area contributed by atoms with Crippen molar-refractivity contribution in [2.45, 2.75) is 18.8 Å². The number of amidine groups is 1. The van der Waals surface area contributed by atoms with E-state index in [2.05, 4.69) is 10.1 Å². The summed E-state index contributed by atoms with van der Waals surface area (Å²) in [5.41, 5.74) is 0.483. The highest BCUT2D eigenvalue weighted by Crippen LogP contribution is 2.35. The van der Waals surface area contributed by atoms with Crippen LogP contribution in [-0.2, 0) is 27.0 Å². The van der Waals surface area contributed by atoms with Gasteiger partial charge in [0.15, 0.2) is 5.17 Å². The van der Waals surface area contributed by atoms with Crippen molar-refractivity contribution in [1.29, 1.82) is 0 Å². The number of thioether (sulfide) groups is 1. The Morgan fingerprint density at radius 1 is 1.27 bits per heavy atom. The van der Waals surface area contributed by atoms with Crippen LogP contribution in [0.1, 0.15) is 16.7 Å². The van der Waals surface area contributed by atoms with Crippen LogP contribution >= 0.6 is 11.8 Å². The Labute approximate surface area is 214 Å². The number of ether oxygens (including phenoxy) is 2. The first kappa shape index (κ1) is 25.3. The highest BCUT2D eigenvalue weighted by atomic mass is 32.2. The lowest BCUT2D eigenvalue weighted by Crippen LogP contribution is -2.46. The van der Waals surface area contributed by atoms with E-state index >= 15 is 0 Å². The molecule has 3 aromatic rings. The molecular weight excluding hydrogens is 509 g/mol. The lowest BCUT2D eigenvalue weighted by atomic mass is 10.1. The number of benzene rings is 2. The van der Waals surface area contributed by atoms with Crippen molar-refractivity contribution >= 4 is 39.8 Å². The van der Waals surface area contributed by atoms with E-state index in [0.29, 0.717) is 53.3 Å². The second-order valence-electron chi connectivity index (χ2n) is 8.66. The largest absolute Gasteiger partial charge is 0.508 e. The van der Waals surface area contributed by atoms with Gasteiger partial charge in [0, 0.05) is 25.6 Å². The molecule has 2 aliphatic heterocycles. The molecule has 1 amide bonds. The van der Waals surface area contributed by atoms with E-state index in [4.69, 9.17) is 9.47 Å². The molecule has 0 spiro atoms. The van der Waals surface area contributed by atoms with Gasteiger partial charge in [0.25, 0.3) is 5.91 Å². The molecule has 5 rings (SSSR count). The van der Waals surface area contributed by atoms with Gasteiger partial charge < -0.3 is 19.5 Å². The molecule has 1 fully saturated rings. The number of fused-ring (bicyclic) bond motifs is 1. The molecule has 12 heteroatoms. The highest BCUT2D eigenvalue weighted by Gasteiger charge is 2.34. The quantitative estimate of drug-likeness (QED) is 0.495. The van der Waals surface area contributed by atoms with Crippen molar-refractivity contribution in [1.82, 2.24) is 14.7 Å². The molecule has 0 aliphatic carbocycles. The Morgan fingerprint density at radius 3 is 2.89 bits per heavy atom. The van der Waals surface area contributed by atoms with E-state index in [0.717, 1.165) is 5.56 Å². The predicted molar refractivity (Wildman–Crippen MR) is 133 cm³/mol. The number of aromatic nitrogens is 2. The van der Waals surface area contributed by atoms with Crippen LogP contribution in [0.15, 0.2) is 52.5 Å². The van der Waals surface area contributed by atoms with Gasteiger partial charge in [-0.1, -0.05) is 12.1 Å².